The van der Waals surface area contributed by atoms with Gasteiger partial charge in [0.15, 0.2) is 0 Å². The van der Waals surface area contributed by atoms with Gasteiger partial charge < -0.3 is 9.84 Å². The van der Waals surface area contributed by atoms with E-state index in [0.29, 0.717) is 5.92 Å². The van der Waals surface area contributed by atoms with E-state index in [1.165, 1.54) is 6.42 Å². The number of aryl methyl sites for hydroxylation is 1. The van der Waals surface area contributed by atoms with Crippen LogP contribution >= 0.6 is 0 Å². The van der Waals surface area contributed by atoms with Crippen LogP contribution in [0.15, 0.2) is 18.2 Å². The van der Waals surface area contributed by atoms with Crippen LogP contribution in [0, 0.1) is 12.8 Å². The molecular weight excluding hydrogens is 212 g/mol. The van der Waals surface area contributed by atoms with Crippen LogP contribution in [0.2, 0.25) is 0 Å². The molecule has 0 heterocycles. The van der Waals surface area contributed by atoms with Gasteiger partial charge in [0.25, 0.3) is 0 Å². The van der Waals surface area contributed by atoms with Gasteiger partial charge in [0.2, 0.25) is 0 Å². The average molecular weight is 236 g/mol. The van der Waals surface area contributed by atoms with Crippen LogP contribution < -0.4 is 4.74 Å². The fraction of sp³-hybridized carbons (Fsp3) is 0.600. The molecule has 0 aliphatic heterocycles. The molecule has 0 aromatic heterocycles. The maximum absolute atomic E-state index is 9.66. The van der Waals surface area contributed by atoms with Gasteiger partial charge in [-0.05, 0) is 44.2 Å². The number of benzene rings is 1. The molecule has 0 saturated carbocycles. The van der Waals surface area contributed by atoms with Crippen molar-refractivity contribution in [2.24, 2.45) is 5.92 Å². The molecule has 0 bridgehead atoms. The third kappa shape index (κ3) is 4.78. The summed E-state index contributed by atoms with van der Waals surface area (Å²) in [6, 6.07) is 5.94. The Bertz CT molecular complexity index is 343. The lowest BCUT2D eigenvalue weighted by Gasteiger charge is -2.14. The van der Waals surface area contributed by atoms with Crippen molar-refractivity contribution in [1.82, 2.24) is 0 Å². The third-order valence-corrected chi connectivity index (χ3v) is 2.80. The summed E-state index contributed by atoms with van der Waals surface area (Å²) in [5.74, 6) is 1.54. The van der Waals surface area contributed by atoms with Gasteiger partial charge in [0, 0.05) is 5.56 Å². The van der Waals surface area contributed by atoms with Crippen LogP contribution in [0.4, 0.5) is 0 Å². The molecule has 2 heteroatoms. The van der Waals surface area contributed by atoms with Crippen LogP contribution in [-0.4, -0.2) is 11.7 Å². The fourth-order valence-corrected chi connectivity index (χ4v) is 1.79. The summed E-state index contributed by atoms with van der Waals surface area (Å²) >= 11 is 0. The Morgan fingerprint density at radius 2 is 1.94 bits per heavy atom. The smallest absolute Gasteiger partial charge is 0.125 e. The van der Waals surface area contributed by atoms with Gasteiger partial charge in [0.1, 0.15) is 5.75 Å². The Hall–Kier alpha value is -1.02. The van der Waals surface area contributed by atoms with Crippen molar-refractivity contribution in [3.05, 3.63) is 29.3 Å². The minimum atomic E-state index is -0.476. The second-order valence-corrected chi connectivity index (χ2v) is 5.10. The molecule has 0 aliphatic carbocycles. The lowest BCUT2D eigenvalue weighted by molar-refractivity contribution is 0.190. The van der Waals surface area contributed by atoms with E-state index in [0.717, 1.165) is 29.9 Å². The van der Waals surface area contributed by atoms with E-state index in [1.54, 1.807) is 6.92 Å². The summed E-state index contributed by atoms with van der Waals surface area (Å²) in [6.07, 6.45) is 1.76. The van der Waals surface area contributed by atoms with E-state index in [1.807, 2.05) is 25.1 Å². The summed E-state index contributed by atoms with van der Waals surface area (Å²) < 4.78 is 5.77. The van der Waals surface area contributed by atoms with Gasteiger partial charge in [-0.1, -0.05) is 26.0 Å². The summed E-state index contributed by atoms with van der Waals surface area (Å²) in [4.78, 5) is 0. The van der Waals surface area contributed by atoms with Crippen molar-refractivity contribution in [1.29, 1.82) is 0 Å². The molecule has 17 heavy (non-hydrogen) atoms. The minimum absolute atomic E-state index is 0.476. The van der Waals surface area contributed by atoms with Gasteiger partial charge in [-0.3, -0.25) is 0 Å². The lowest BCUT2D eigenvalue weighted by Crippen LogP contribution is -2.03. The highest BCUT2D eigenvalue weighted by Gasteiger charge is 2.09. The molecular formula is C15H24O2. The lowest BCUT2D eigenvalue weighted by atomic mass is 10.1. The SMILES string of the molecule is Cc1ccc(C(C)O)c(OCCCC(C)C)c1. The first-order valence-corrected chi connectivity index (χ1v) is 6.42. The summed E-state index contributed by atoms with van der Waals surface area (Å²) in [6.45, 7) is 8.96. The largest absolute Gasteiger partial charge is 0.493 e. The highest BCUT2D eigenvalue weighted by Crippen LogP contribution is 2.26. The Labute approximate surface area is 105 Å². The van der Waals surface area contributed by atoms with E-state index in [9.17, 15) is 5.11 Å². The maximum Gasteiger partial charge on any atom is 0.125 e. The van der Waals surface area contributed by atoms with Crippen LogP contribution in [0.3, 0.4) is 0 Å². The molecule has 0 aliphatic rings. The number of hydrogen-bond acceptors (Lipinski definition) is 2. The van der Waals surface area contributed by atoms with Crippen LogP contribution in [0.5, 0.6) is 5.75 Å². The Kier molecular flexibility index (Phi) is 5.49. The van der Waals surface area contributed by atoms with Crippen molar-refractivity contribution in [2.75, 3.05) is 6.61 Å². The average Bonchev–Trinajstić information content (AvgIpc) is 2.23. The van der Waals surface area contributed by atoms with E-state index in [4.69, 9.17) is 4.74 Å². The van der Waals surface area contributed by atoms with Gasteiger partial charge in [-0.25, -0.2) is 0 Å². The van der Waals surface area contributed by atoms with Crippen molar-refractivity contribution in [2.45, 2.75) is 46.6 Å². The van der Waals surface area contributed by atoms with E-state index >= 15 is 0 Å². The highest BCUT2D eigenvalue weighted by molar-refractivity contribution is 5.38. The third-order valence-electron chi connectivity index (χ3n) is 2.80. The van der Waals surface area contributed by atoms with Crippen molar-refractivity contribution in [3.8, 4) is 5.75 Å². The second-order valence-electron chi connectivity index (χ2n) is 5.10. The molecule has 1 atom stereocenters. The molecule has 0 saturated heterocycles. The monoisotopic (exact) mass is 236 g/mol. The summed E-state index contributed by atoms with van der Waals surface area (Å²) in [7, 11) is 0. The Morgan fingerprint density at radius 3 is 2.53 bits per heavy atom. The van der Waals surface area contributed by atoms with Gasteiger partial charge in [-0.15, -0.1) is 0 Å². The summed E-state index contributed by atoms with van der Waals surface area (Å²) in [5, 5.41) is 9.66. The number of aliphatic hydroxyl groups is 1. The van der Waals surface area contributed by atoms with Crippen molar-refractivity contribution >= 4 is 0 Å². The van der Waals surface area contributed by atoms with E-state index < -0.39 is 6.10 Å². The Morgan fingerprint density at radius 1 is 1.24 bits per heavy atom. The molecule has 0 radical (unpaired) electrons. The van der Waals surface area contributed by atoms with Crippen LogP contribution in [0.25, 0.3) is 0 Å². The first-order chi connectivity index (χ1) is 8.00. The molecule has 96 valence electrons. The zero-order valence-corrected chi connectivity index (χ0v) is 11.4. The zero-order valence-electron chi connectivity index (χ0n) is 11.4. The highest BCUT2D eigenvalue weighted by atomic mass is 16.5. The molecule has 1 aromatic rings. The number of ether oxygens (including phenoxy) is 1. The topological polar surface area (TPSA) is 29.5 Å². The number of aliphatic hydroxyl groups excluding tert-OH is 1. The molecule has 0 amide bonds. The molecule has 0 fully saturated rings. The molecule has 0 spiro atoms. The van der Waals surface area contributed by atoms with Crippen LogP contribution in [-0.2, 0) is 0 Å². The van der Waals surface area contributed by atoms with E-state index in [2.05, 4.69) is 13.8 Å². The molecule has 1 rings (SSSR count). The van der Waals surface area contributed by atoms with Gasteiger partial charge in [0.05, 0.1) is 12.7 Å². The normalized spacial score (nSPS) is 12.8. The maximum atomic E-state index is 9.66. The standard InChI is InChI=1S/C15H24O2/c1-11(2)6-5-9-17-15-10-12(3)7-8-14(15)13(4)16/h7-8,10-11,13,16H,5-6,9H2,1-4H3. The van der Waals surface area contributed by atoms with Crippen LogP contribution in [0.1, 0.15) is 50.8 Å². The van der Waals surface area contributed by atoms with Crippen molar-refractivity contribution in [3.63, 3.8) is 0 Å². The molecule has 1 N–H and O–H groups in total. The first-order valence-electron chi connectivity index (χ1n) is 6.42. The quantitative estimate of drug-likeness (QED) is 0.760. The van der Waals surface area contributed by atoms with Crippen molar-refractivity contribution < 1.29 is 9.84 Å². The molecule has 1 unspecified atom stereocenters. The molecule has 1 aromatic carbocycles. The summed E-state index contributed by atoms with van der Waals surface area (Å²) in [5.41, 5.74) is 2.04. The van der Waals surface area contributed by atoms with Gasteiger partial charge in [-0.2, -0.15) is 0 Å². The number of rotatable bonds is 6. The fourth-order valence-electron chi connectivity index (χ4n) is 1.79. The Balaban J connectivity index is 2.59. The minimum Gasteiger partial charge on any atom is -0.493 e. The van der Waals surface area contributed by atoms with E-state index in [-0.39, 0.29) is 0 Å². The predicted molar refractivity (Wildman–Crippen MR) is 71.4 cm³/mol. The second kappa shape index (κ2) is 6.65. The first kappa shape index (κ1) is 14.0. The van der Waals surface area contributed by atoms with Gasteiger partial charge >= 0.3 is 0 Å². The molecule has 2 nitrogen and oxygen atoms in total. The predicted octanol–water partition coefficient (Wildman–Crippen LogP) is 3.86. The zero-order chi connectivity index (χ0) is 12.8. The number of hydrogen-bond donors (Lipinski definition) is 1.